The molecule has 0 saturated heterocycles. The number of alkyl halides is 3. The van der Waals surface area contributed by atoms with Gasteiger partial charge in [-0.05, 0) is 31.2 Å². The topological polar surface area (TPSA) is 85.8 Å². The molecule has 2 aromatic rings. The quantitative estimate of drug-likeness (QED) is 0.886. The summed E-state index contributed by atoms with van der Waals surface area (Å²) in [5.74, 6) is 0.963. The molecule has 1 aliphatic rings. The van der Waals surface area contributed by atoms with Gasteiger partial charge in [0.2, 0.25) is 17.7 Å². The first kappa shape index (κ1) is 17.4. The van der Waals surface area contributed by atoms with Gasteiger partial charge < -0.3 is 9.73 Å². The Morgan fingerprint density at radius 3 is 2.80 bits per heavy atom. The summed E-state index contributed by atoms with van der Waals surface area (Å²) >= 11 is 0. The van der Waals surface area contributed by atoms with E-state index in [1.807, 2.05) is 0 Å². The monoisotopic (exact) mass is 357 g/mol. The number of carbonyl (C=O) groups is 1. The second-order valence-electron chi connectivity index (χ2n) is 6.27. The van der Waals surface area contributed by atoms with E-state index in [1.54, 1.807) is 0 Å². The third kappa shape index (κ3) is 4.58. The van der Waals surface area contributed by atoms with Gasteiger partial charge in [-0.1, -0.05) is 0 Å². The van der Waals surface area contributed by atoms with Crippen molar-refractivity contribution >= 4 is 5.91 Å². The maximum Gasteiger partial charge on any atom is 0.435 e. The molecule has 2 atom stereocenters. The molecule has 2 heterocycles. The van der Waals surface area contributed by atoms with Crippen LogP contribution >= 0.6 is 0 Å². The molecule has 136 valence electrons. The Kier molecular flexibility index (Phi) is 4.78. The molecular weight excluding hydrogens is 339 g/mol. The van der Waals surface area contributed by atoms with Crippen LogP contribution in [0.4, 0.5) is 13.2 Å². The molecule has 7 nitrogen and oxygen atoms in total. The van der Waals surface area contributed by atoms with Crippen molar-refractivity contribution in [2.24, 2.45) is 5.92 Å². The Morgan fingerprint density at radius 1 is 1.36 bits per heavy atom. The molecule has 1 saturated carbocycles. The number of aromatic nitrogens is 4. The highest BCUT2D eigenvalue weighted by molar-refractivity contribution is 5.73. The minimum Gasteiger partial charge on any atom is -0.423 e. The van der Waals surface area contributed by atoms with Crippen LogP contribution in [0.1, 0.15) is 43.7 Å². The maximum atomic E-state index is 12.5. The Labute approximate surface area is 141 Å². The van der Waals surface area contributed by atoms with Crippen molar-refractivity contribution < 1.29 is 22.4 Å². The van der Waals surface area contributed by atoms with Crippen LogP contribution in [0.25, 0.3) is 0 Å². The summed E-state index contributed by atoms with van der Waals surface area (Å²) in [5.41, 5.74) is -0.956. The summed E-state index contributed by atoms with van der Waals surface area (Å²) in [4.78, 5) is 11.1. The molecule has 0 aliphatic heterocycles. The average Bonchev–Trinajstić information content (AvgIpc) is 3.21. The fourth-order valence-corrected chi connectivity index (χ4v) is 3.10. The number of hydrogen-bond acceptors (Lipinski definition) is 5. The number of rotatable bonds is 5. The summed E-state index contributed by atoms with van der Waals surface area (Å²) in [6.07, 6.45) is 0.0662. The van der Waals surface area contributed by atoms with E-state index in [0.717, 1.165) is 30.0 Å². The van der Waals surface area contributed by atoms with Gasteiger partial charge in [-0.25, -0.2) is 0 Å². The predicted octanol–water partition coefficient (Wildman–Crippen LogP) is 2.18. The maximum absolute atomic E-state index is 12.5. The third-order valence-electron chi connectivity index (χ3n) is 4.15. The SMILES string of the molecule is CC(=O)N[C@H]1CC[C@@H](Cc2nnc(Cn3ccc(C(F)(F)F)n3)o2)C1. The average molecular weight is 357 g/mol. The van der Waals surface area contributed by atoms with E-state index in [0.29, 0.717) is 18.2 Å². The smallest absolute Gasteiger partial charge is 0.423 e. The summed E-state index contributed by atoms with van der Waals surface area (Å²) in [5, 5.41) is 14.2. The summed E-state index contributed by atoms with van der Waals surface area (Å²) in [6.45, 7) is 1.49. The van der Waals surface area contributed by atoms with Crippen molar-refractivity contribution in [2.45, 2.75) is 51.4 Å². The van der Waals surface area contributed by atoms with E-state index in [9.17, 15) is 18.0 Å². The van der Waals surface area contributed by atoms with Crippen LogP contribution < -0.4 is 5.32 Å². The van der Waals surface area contributed by atoms with Crippen molar-refractivity contribution in [2.75, 3.05) is 0 Å². The molecule has 1 amide bonds. The Morgan fingerprint density at radius 2 is 2.12 bits per heavy atom. The minimum atomic E-state index is -4.47. The lowest BCUT2D eigenvalue weighted by Crippen LogP contribution is -2.30. The Bertz CT molecular complexity index is 740. The van der Waals surface area contributed by atoms with Gasteiger partial charge in [0.25, 0.3) is 0 Å². The number of nitrogens with zero attached hydrogens (tertiary/aromatic N) is 4. The molecule has 0 radical (unpaired) electrons. The Hall–Kier alpha value is -2.39. The van der Waals surface area contributed by atoms with Gasteiger partial charge in [0.1, 0.15) is 6.54 Å². The van der Waals surface area contributed by atoms with Crippen LogP contribution in [0.15, 0.2) is 16.7 Å². The fraction of sp³-hybridized carbons (Fsp3) is 0.600. The first-order chi connectivity index (χ1) is 11.8. The van der Waals surface area contributed by atoms with Gasteiger partial charge in [-0.15, -0.1) is 10.2 Å². The normalized spacial score (nSPS) is 20.8. The highest BCUT2D eigenvalue weighted by Crippen LogP contribution is 2.29. The zero-order chi connectivity index (χ0) is 18.0. The van der Waals surface area contributed by atoms with Crippen LogP contribution in [0.3, 0.4) is 0 Å². The Balaban J connectivity index is 1.54. The van der Waals surface area contributed by atoms with E-state index >= 15 is 0 Å². The number of nitrogens with one attached hydrogen (secondary N) is 1. The second kappa shape index (κ2) is 6.85. The standard InChI is InChI=1S/C15H18F3N5O2/c1-9(24)19-11-3-2-10(6-11)7-13-20-21-14(25-13)8-23-5-4-12(22-23)15(16,17)18/h4-5,10-11H,2-3,6-8H2,1H3,(H,19,24)/t10-,11+/m1/s1. The molecule has 0 spiro atoms. The van der Waals surface area contributed by atoms with Crippen molar-refractivity contribution in [3.8, 4) is 0 Å². The minimum absolute atomic E-state index is 0.0116. The molecular formula is C15H18F3N5O2. The number of carbonyl (C=O) groups excluding carboxylic acids is 1. The molecule has 0 unspecified atom stereocenters. The van der Waals surface area contributed by atoms with Crippen molar-refractivity contribution in [1.29, 1.82) is 0 Å². The summed E-state index contributed by atoms with van der Waals surface area (Å²) in [6, 6.07) is 1.08. The van der Waals surface area contributed by atoms with Crippen LogP contribution in [0.2, 0.25) is 0 Å². The van der Waals surface area contributed by atoms with Gasteiger partial charge in [0.05, 0.1) is 0 Å². The first-order valence-corrected chi connectivity index (χ1v) is 7.98. The van der Waals surface area contributed by atoms with Gasteiger partial charge in [0, 0.05) is 25.6 Å². The largest absolute Gasteiger partial charge is 0.435 e. The molecule has 25 heavy (non-hydrogen) atoms. The lowest BCUT2D eigenvalue weighted by molar-refractivity contribution is -0.141. The van der Waals surface area contributed by atoms with E-state index in [4.69, 9.17) is 4.42 Å². The third-order valence-corrected chi connectivity index (χ3v) is 4.15. The van der Waals surface area contributed by atoms with Crippen LogP contribution in [0, 0.1) is 5.92 Å². The van der Waals surface area contributed by atoms with Gasteiger partial charge in [0.15, 0.2) is 5.69 Å². The zero-order valence-electron chi connectivity index (χ0n) is 13.6. The van der Waals surface area contributed by atoms with Gasteiger partial charge >= 0.3 is 6.18 Å². The van der Waals surface area contributed by atoms with E-state index < -0.39 is 11.9 Å². The van der Waals surface area contributed by atoms with Crippen molar-refractivity contribution in [3.05, 3.63) is 29.7 Å². The fourth-order valence-electron chi connectivity index (χ4n) is 3.10. The number of hydrogen-bond donors (Lipinski definition) is 1. The van der Waals surface area contributed by atoms with Crippen LogP contribution in [-0.4, -0.2) is 31.9 Å². The second-order valence-corrected chi connectivity index (χ2v) is 6.27. The number of halogens is 3. The van der Waals surface area contributed by atoms with Crippen molar-refractivity contribution in [1.82, 2.24) is 25.3 Å². The van der Waals surface area contributed by atoms with Gasteiger partial charge in [-0.3, -0.25) is 9.48 Å². The molecule has 1 N–H and O–H groups in total. The zero-order valence-corrected chi connectivity index (χ0v) is 13.6. The molecule has 2 aromatic heterocycles. The molecule has 0 aromatic carbocycles. The van der Waals surface area contributed by atoms with Crippen molar-refractivity contribution in [3.63, 3.8) is 0 Å². The van der Waals surface area contributed by atoms with Gasteiger partial charge in [-0.2, -0.15) is 18.3 Å². The van der Waals surface area contributed by atoms with Crippen LogP contribution in [-0.2, 0) is 23.9 Å². The molecule has 1 aliphatic carbocycles. The summed E-state index contributed by atoms with van der Waals surface area (Å²) in [7, 11) is 0. The highest BCUT2D eigenvalue weighted by atomic mass is 19.4. The summed E-state index contributed by atoms with van der Waals surface area (Å²) < 4.78 is 44.2. The van der Waals surface area contributed by atoms with Crippen LogP contribution in [0.5, 0.6) is 0 Å². The number of amides is 1. The molecule has 3 rings (SSSR count). The van der Waals surface area contributed by atoms with E-state index in [-0.39, 0.29) is 24.4 Å². The molecule has 1 fully saturated rings. The molecule has 0 bridgehead atoms. The van der Waals surface area contributed by atoms with E-state index in [2.05, 4.69) is 20.6 Å². The lowest BCUT2D eigenvalue weighted by Gasteiger charge is -2.10. The van der Waals surface area contributed by atoms with E-state index in [1.165, 1.54) is 13.1 Å². The lowest BCUT2D eigenvalue weighted by atomic mass is 10.0. The first-order valence-electron chi connectivity index (χ1n) is 7.98. The predicted molar refractivity (Wildman–Crippen MR) is 79.3 cm³/mol. The highest BCUT2D eigenvalue weighted by Gasteiger charge is 2.33. The molecule has 10 heteroatoms.